The quantitative estimate of drug-likeness (QED) is 0.410. The fraction of sp³-hybridized carbons (Fsp3) is 0.333. The lowest BCUT2D eigenvalue weighted by molar-refractivity contribution is -0.127. The molecule has 0 spiro atoms. The summed E-state index contributed by atoms with van der Waals surface area (Å²) in [6, 6.07) is 8.24. The van der Waals surface area contributed by atoms with Crippen LogP contribution in [0.5, 0.6) is 0 Å². The van der Waals surface area contributed by atoms with Crippen LogP contribution in [0.25, 0.3) is 10.9 Å². The van der Waals surface area contributed by atoms with Crippen molar-refractivity contribution in [1.82, 2.24) is 20.5 Å². The van der Waals surface area contributed by atoms with Crippen molar-refractivity contribution in [3.05, 3.63) is 48.7 Å². The van der Waals surface area contributed by atoms with Gasteiger partial charge in [-0.1, -0.05) is 24.3 Å². The van der Waals surface area contributed by atoms with Crippen molar-refractivity contribution in [2.45, 2.75) is 6.42 Å². The van der Waals surface area contributed by atoms with Crippen molar-refractivity contribution in [2.24, 2.45) is 4.99 Å². The van der Waals surface area contributed by atoms with E-state index < -0.39 is 0 Å². The number of likely N-dealkylation sites (N-methyl/N-ethyl adjacent to an activating group) is 1. The van der Waals surface area contributed by atoms with E-state index in [2.05, 4.69) is 39.3 Å². The molecule has 6 heteroatoms. The van der Waals surface area contributed by atoms with Crippen LogP contribution in [0.3, 0.4) is 0 Å². The Morgan fingerprint density at radius 3 is 2.88 bits per heavy atom. The highest BCUT2D eigenvalue weighted by Gasteiger charge is 2.05. The van der Waals surface area contributed by atoms with Crippen LogP contribution in [0.1, 0.15) is 5.56 Å². The van der Waals surface area contributed by atoms with E-state index in [1.165, 1.54) is 15.8 Å². The van der Waals surface area contributed by atoms with Gasteiger partial charge in [0.2, 0.25) is 5.91 Å². The number of hydrogen-bond donors (Lipinski definition) is 3. The Kier molecular flexibility index (Phi) is 6.42. The Morgan fingerprint density at radius 2 is 2.12 bits per heavy atom. The number of nitrogens with zero attached hydrogens (tertiary/aromatic N) is 2. The van der Waals surface area contributed by atoms with Gasteiger partial charge < -0.3 is 20.5 Å². The molecule has 128 valence electrons. The molecule has 1 heterocycles. The molecule has 0 saturated heterocycles. The average molecular weight is 327 g/mol. The maximum absolute atomic E-state index is 11.7. The highest BCUT2D eigenvalue weighted by Crippen LogP contribution is 2.17. The maximum Gasteiger partial charge on any atom is 0.243 e. The second-order valence-electron chi connectivity index (χ2n) is 5.66. The van der Waals surface area contributed by atoms with Crippen molar-refractivity contribution in [3.63, 3.8) is 0 Å². The molecule has 6 nitrogen and oxygen atoms in total. The third-order valence-electron chi connectivity index (χ3n) is 3.65. The molecule has 0 unspecified atom stereocenters. The normalized spacial score (nSPS) is 11.3. The Morgan fingerprint density at radius 1 is 1.33 bits per heavy atom. The van der Waals surface area contributed by atoms with Crippen LogP contribution in [-0.4, -0.2) is 55.5 Å². The summed E-state index contributed by atoms with van der Waals surface area (Å²) >= 11 is 0. The van der Waals surface area contributed by atoms with Crippen LogP contribution in [0.4, 0.5) is 0 Å². The molecular formula is C18H25N5O. The van der Waals surface area contributed by atoms with Gasteiger partial charge in [-0.25, -0.2) is 4.99 Å². The zero-order valence-electron chi connectivity index (χ0n) is 14.3. The first-order valence-electron chi connectivity index (χ1n) is 8.00. The summed E-state index contributed by atoms with van der Waals surface area (Å²) in [7, 11) is 3.44. The summed E-state index contributed by atoms with van der Waals surface area (Å²) in [5.41, 5.74) is 2.40. The lowest BCUT2D eigenvalue weighted by Gasteiger charge is -2.12. The molecular weight excluding hydrogens is 302 g/mol. The van der Waals surface area contributed by atoms with Crippen LogP contribution in [0.15, 0.2) is 48.1 Å². The summed E-state index contributed by atoms with van der Waals surface area (Å²) in [5.74, 6) is 0.580. The van der Waals surface area contributed by atoms with E-state index in [1.807, 2.05) is 18.3 Å². The second-order valence-corrected chi connectivity index (χ2v) is 5.66. The number of aromatic nitrogens is 1. The van der Waals surface area contributed by atoms with Gasteiger partial charge >= 0.3 is 0 Å². The molecule has 24 heavy (non-hydrogen) atoms. The smallest absolute Gasteiger partial charge is 0.243 e. The number of aromatic amines is 1. The van der Waals surface area contributed by atoms with E-state index in [0.717, 1.165) is 18.5 Å². The Labute approximate surface area is 142 Å². The molecule has 2 aromatic rings. The lowest BCUT2D eigenvalue weighted by Crippen LogP contribution is -2.39. The third kappa shape index (κ3) is 4.87. The highest BCUT2D eigenvalue weighted by atomic mass is 16.2. The van der Waals surface area contributed by atoms with Crippen LogP contribution in [-0.2, 0) is 11.2 Å². The SMILES string of the molecule is C=CCNC(=NCC(=O)N(C)C)NCCc1c[nH]c2ccccc12. The molecule has 2 rings (SSSR count). The molecule has 0 radical (unpaired) electrons. The van der Waals surface area contributed by atoms with Crippen LogP contribution in [0, 0.1) is 0 Å². The molecule has 0 atom stereocenters. The number of benzene rings is 1. The van der Waals surface area contributed by atoms with E-state index in [-0.39, 0.29) is 12.5 Å². The fourth-order valence-corrected chi connectivity index (χ4v) is 2.29. The fourth-order valence-electron chi connectivity index (χ4n) is 2.29. The molecule has 3 N–H and O–H groups in total. The highest BCUT2D eigenvalue weighted by molar-refractivity contribution is 5.85. The topological polar surface area (TPSA) is 72.5 Å². The summed E-state index contributed by atoms with van der Waals surface area (Å²) in [4.78, 5) is 20.8. The molecule has 0 fully saturated rings. The second kappa shape index (κ2) is 8.76. The molecule has 0 bridgehead atoms. The maximum atomic E-state index is 11.7. The number of para-hydroxylation sites is 1. The van der Waals surface area contributed by atoms with Crippen molar-refractivity contribution < 1.29 is 4.79 Å². The summed E-state index contributed by atoms with van der Waals surface area (Å²) in [6.45, 7) is 5.12. The number of carbonyl (C=O) groups is 1. The molecule has 0 aliphatic heterocycles. The average Bonchev–Trinajstić information content (AvgIpc) is 2.99. The van der Waals surface area contributed by atoms with E-state index in [1.54, 1.807) is 20.2 Å². The Balaban J connectivity index is 1.93. The van der Waals surface area contributed by atoms with Gasteiger partial charge in [0.1, 0.15) is 6.54 Å². The number of fused-ring (bicyclic) bond motifs is 1. The van der Waals surface area contributed by atoms with Gasteiger partial charge in [-0.15, -0.1) is 6.58 Å². The number of H-pyrrole nitrogens is 1. The van der Waals surface area contributed by atoms with Crippen LogP contribution in [0.2, 0.25) is 0 Å². The van der Waals surface area contributed by atoms with Crippen molar-refractivity contribution in [2.75, 3.05) is 33.7 Å². The van der Waals surface area contributed by atoms with Crippen LogP contribution >= 0.6 is 0 Å². The first-order chi connectivity index (χ1) is 11.6. The van der Waals surface area contributed by atoms with E-state index >= 15 is 0 Å². The molecule has 0 saturated carbocycles. The number of guanidine groups is 1. The van der Waals surface area contributed by atoms with Gasteiger partial charge in [0.25, 0.3) is 0 Å². The number of rotatable bonds is 7. The van der Waals surface area contributed by atoms with Gasteiger partial charge in [0, 0.05) is 44.3 Å². The molecule has 1 amide bonds. The number of nitrogens with one attached hydrogen (secondary N) is 3. The van der Waals surface area contributed by atoms with Gasteiger partial charge in [-0.05, 0) is 18.1 Å². The Bertz CT molecular complexity index is 717. The van der Waals surface area contributed by atoms with Gasteiger partial charge in [-0.2, -0.15) is 0 Å². The largest absolute Gasteiger partial charge is 0.361 e. The summed E-state index contributed by atoms with van der Waals surface area (Å²) < 4.78 is 0. The van der Waals surface area contributed by atoms with E-state index in [0.29, 0.717) is 12.5 Å². The molecule has 1 aromatic carbocycles. The number of carbonyl (C=O) groups excluding carboxylic acids is 1. The number of amides is 1. The molecule has 0 aliphatic rings. The molecule has 1 aromatic heterocycles. The lowest BCUT2D eigenvalue weighted by atomic mass is 10.1. The monoisotopic (exact) mass is 327 g/mol. The van der Waals surface area contributed by atoms with Crippen molar-refractivity contribution in [3.8, 4) is 0 Å². The predicted octanol–water partition coefficient (Wildman–Crippen LogP) is 1.52. The molecule has 0 aliphatic carbocycles. The predicted molar refractivity (Wildman–Crippen MR) is 99.2 cm³/mol. The minimum atomic E-state index is -0.0358. The van der Waals surface area contributed by atoms with Crippen LogP contribution < -0.4 is 10.6 Å². The number of aliphatic imine (C=N–C) groups is 1. The third-order valence-corrected chi connectivity index (χ3v) is 3.65. The van der Waals surface area contributed by atoms with E-state index in [9.17, 15) is 4.79 Å². The van der Waals surface area contributed by atoms with Crippen molar-refractivity contribution >= 4 is 22.8 Å². The van der Waals surface area contributed by atoms with Gasteiger partial charge in [0.05, 0.1) is 0 Å². The number of hydrogen-bond acceptors (Lipinski definition) is 2. The minimum Gasteiger partial charge on any atom is -0.361 e. The Hall–Kier alpha value is -2.76. The summed E-state index contributed by atoms with van der Waals surface area (Å²) in [6.07, 6.45) is 4.65. The van der Waals surface area contributed by atoms with E-state index in [4.69, 9.17) is 0 Å². The summed E-state index contributed by atoms with van der Waals surface area (Å²) in [5, 5.41) is 7.62. The first kappa shape index (κ1) is 17.6. The zero-order valence-corrected chi connectivity index (χ0v) is 14.3. The van der Waals surface area contributed by atoms with Crippen molar-refractivity contribution in [1.29, 1.82) is 0 Å². The van der Waals surface area contributed by atoms with Gasteiger partial charge in [-0.3, -0.25) is 4.79 Å². The zero-order chi connectivity index (χ0) is 17.4. The first-order valence-corrected chi connectivity index (χ1v) is 8.00. The minimum absolute atomic E-state index is 0.0358. The standard InChI is InChI=1S/C18H25N5O/c1-4-10-19-18(22-13-17(24)23(2)3)20-11-9-14-12-21-16-8-6-5-7-15(14)16/h4-8,12,21H,1,9-11,13H2,2-3H3,(H2,19,20,22). The van der Waals surface area contributed by atoms with Gasteiger partial charge in [0.15, 0.2) is 5.96 Å².